The van der Waals surface area contributed by atoms with Gasteiger partial charge in [-0.15, -0.1) is 0 Å². The van der Waals surface area contributed by atoms with Crippen LogP contribution >= 0.6 is 11.6 Å². The summed E-state index contributed by atoms with van der Waals surface area (Å²) < 4.78 is 71.2. The van der Waals surface area contributed by atoms with Crippen molar-refractivity contribution in [1.82, 2.24) is 4.98 Å². The molecule has 1 aromatic heterocycles. The molecule has 27 heavy (non-hydrogen) atoms. The third-order valence-electron chi connectivity index (χ3n) is 3.64. The Kier molecular flexibility index (Phi) is 5.81. The first kappa shape index (κ1) is 21.1. The van der Waals surface area contributed by atoms with E-state index in [0.29, 0.717) is 6.07 Å². The number of hydrogen-bond acceptors (Lipinski definition) is 4. The third-order valence-corrected chi connectivity index (χ3v) is 5.62. The zero-order chi connectivity index (χ0) is 20.6. The highest BCUT2D eigenvalue weighted by Crippen LogP contribution is 2.37. The number of carbonyl (C=O) groups excluding carboxylic acids is 1. The molecule has 0 unspecified atom stereocenters. The lowest BCUT2D eigenvalue weighted by molar-refractivity contribution is -0.137. The van der Waals surface area contributed by atoms with E-state index in [1.54, 1.807) is 6.92 Å². The van der Waals surface area contributed by atoms with Crippen molar-refractivity contribution in [2.45, 2.75) is 31.8 Å². The van der Waals surface area contributed by atoms with Crippen LogP contribution in [-0.2, 0) is 20.9 Å². The van der Waals surface area contributed by atoms with Gasteiger partial charge in [-0.1, -0.05) is 11.6 Å². The SMILES string of the molecule is CCOC(=O)c1[nH]c(C)c(S(=O)(=O)Nc2ccc(Cl)c(C(F)(F)F)c2)c1C. The molecule has 1 heterocycles. The number of anilines is 1. The van der Waals surface area contributed by atoms with E-state index in [-0.39, 0.29) is 34.1 Å². The number of esters is 1. The van der Waals surface area contributed by atoms with Crippen LogP contribution in [0.15, 0.2) is 23.1 Å². The molecule has 0 bridgehead atoms. The molecule has 1 aromatic carbocycles. The number of halogens is 4. The normalized spacial score (nSPS) is 12.1. The molecule has 0 aliphatic heterocycles. The van der Waals surface area contributed by atoms with Gasteiger partial charge in [0, 0.05) is 16.9 Å². The molecule has 148 valence electrons. The minimum Gasteiger partial charge on any atom is -0.461 e. The van der Waals surface area contributed by atoms with Crippen LogP contribution in [0, 0.1) is 13.8 Å². The molecule has 0 saturated heterocycles. The van der Waals surface area contributed by atoms with E-state index in [2.05, 4.69) is 9.71 Å². The Morgan fingerprint density at radius 3 is 2.48 bits per heavy atom. The quantitative estimate of drug-likeness (QED) is 0.701. The van der Waals surface area contributed by atoms with Gasteiger partial charge in [-0.05, 0) is 39.0 Å². The van der Waals surface area contributed by atoms with Gasteiger partial charge in [-0.2, -0.15) is 13.2 Å². The van der Waals surface area contributed by atoms with Crippen molar-refractivity contribution in [2.75, 3.05) is 11.3 Å². The van der Waals surface area contributed by atoms with Crippen LogP contribution < -0.4 is 4.72 Å². The number of carbonyl (C=O) groups is 1. The van der Waals surface area contributed by atoms with Crippen molar-refractivity contribution in [3.63, 3.8) is 0 Å². The lowest BCUT2D eigenvalue weighted by atomic mass is 10.2. The number of benzene rings is 1. The van der Waals surface area contributed by atoms with E-state index in [1.165, 1.54) is 13.8 Å². The Morgan fingerprint density at radius 1 is 1.30 bits per heavy atom. The summed E-state index contributed by atoms with van der Waals surface area (Å²) in [6.07, 6.45) is -4.74. The summed E-state index contributed by atoms with van der Waals surface area (Å²) in [4.78, 5) is 14.3. The number of nitrogens with one attached hydrogen (secondary N) is 2. The minimum absolute atomic E-state index is 0.0400. The number of alkyl halides is 3. The second-order valence-corrected chi connectivity index (χ2v) is 7.62. The van der Waals surface area contributed by atoms with Crippen LogP contribution in [0.25, 0.3) is 0 Å². The summed E-state index contributed by atoms with van der Waals surface area (Å²) in [5, 5.41) is -0.552. The van der Waals surface area contributed by atoms with Crippen LogP contribution in [0.5, 0.6) is 0 Å². The average Bonchev–Trinajstić information content (AvgIpc) is 2.83. The van der Waals surface area contributed by atoms with Gasteiger partial charge in [0.1, 0.15) is 10.6 Å². The number of aromatic nitrogens is 1. The van der Waals surface area contributed by atoms with Crippen LogP contribution in [0.1, 0.15) is 34.2 Å². The van der Waals surface area contributed by atoms with Crippen molar-refractivity contribution in [3.8, 4) is 0 Å². The molecule has 2 rings (SSSR count). The monoisotopic (exact) mass is 424 g/mol. The van der Waals surface area contributed by atoms with Crippen molar-refractivity contribution < 1.29 is 31.1 Å². The summed E-state index contributed by atoms with van der Waals surface area (Å²) in [7, 11) is -4.28. The summed E-state index contributed by atoms with van der Waals surface area (Å²) in [5.74, 6) is -0.731. The number of sulfonamides is 1. The second-order valence-electron chi connectivity index (χ2n) is 5.60. The highest BCUT2D eigenvalue weighted by molar-refractivity contribution is 7.92. The first-order chi connectivity index (χ1) is 12.4. The standard InChI is InChI=1S/C16H16ClF3N2O4S/c1-4-26-15(23)13-8(2)14(9(3)21-13)27(24,25)22-10-5-6-12(17)11(7-10)16(18,19)20/h5-7,21-22H,4H2,1-3H3. The molecule has 6 nitrogen and oxygen atoms in total. The molecule has 0 radical (unpaired) electrons. The van der Waals surface area contributed by atoms with Crippen LogP contribution in [0.2, 0.25) is 5.02 Å². The fourth-order valence-electron chi connectivity index (χ4n) is 2.56. The first-order valence-corrected chi connectivity index (χ1v) is 9.50. The van der Waals surface area contributed by atoms with Crippen molar-refractivity contribution in [2.24, 2.45) is 0 Å². The third kappa shape index (κ3) is 4.38. The zero-order valence-electron chi connectivity index (χ0n) is 14.5. The molecule has 0 saturated carbocycles. The highest BCUT2D eigenvalue weighted by atomic mass is 35.5. The Morgan fingerprint density at radius 2 is 1.93 bits per heavy atom. The Balaban J connectivity index is 2.45. The Labute approximate surface area is 158 Å². The van der Waals surface area contributed by atoms with Gasteiger partial charge < -0.3 is 9.72 Å². The van der Waals surface area contributed by atoms with Crippen LogP contribution in [0.4, 0.5) is 18.9 Å². The van der Waals surface area contributed by atoms with E-state index < -0.39 is 32.8 Å². The number of ether oxygens (including phenoxy) is 1. The van der Waals surface area contributed by atoms with Crippen molar-refractivity contribution in [1.29, 1.82) is 0 Å². The highest BCUT2D eigenvalue weighted by Gasteiger charge is 2.34. The van der Waals surface area contributed by atoms with E-state index in [9.17, 15) is 26.4 Å². The Bertz CT molecular complexity index is 984. The largest absolute Gasteiger partial charge is 0.461 e. The van der Waals surface area contributed by atoms with Crippen LogP contribution in [0.3, 0.4) is 0 Å². The van der Waals surface area contributed by atoms with E-state index in [1.807, 2.05) is 0 Å². The second kappa shape index (κ2) is 7.43. The van der Waals surface area contributed by atoms with Gasteiger partial charge in [0.05, 0.1) is 17.2 Å². The lowest BCUT2D eigenvalue weighted by Crippen LogP contribution is -2.16. The molecular formula is C16H16ClF3N2O4S. The minimum atomic E-state index is -4.74. The summed E-state index contributed by atoms with van der Waals surface area (Å²) in [6, 6.07) is 2.66. The Hall–Kier alpha value is -2.20. The number of aryl methyl sites for hydroxylation is 1. The molecule has 0 aliphatic rings. The van der Waals surface area contributed by atoms with Gasteiger partial charge in [0.15, 0.2) is 0 Å². The average molecular weight is 425 g/mol. The predicted molar refractivity (Wildman–Crippen MR) is 93.5 cm³/mol. The smallest absolute Gasteiger partial charge is 0.417 e. The molecule has 0 spiro atoms. The van der Waals surface area contributed by atoms with Gasteiger partial charge in [-0.25, -0.2) is 13.2 Å². The summed E-state index contributed by atoms with van der Waals surface area (Å²) >= 11 is 5.53. The van der Waals surface area contributed by atoms with E-state index in [0.717, 1.165) is 12.1 Å². The van der Waals surface area contributed by atoms with Crippen LogP contribution in [-0.4, -0.2) is 26.0 Å². The molecule has 0 aliphatic carbocycles. The van der Waals surface area contributed by atoms with Gasteiger partial charge in [0.2, 0.25) is 0 Å². The molecule has 11 heteroatoms. The van der Waals surface area contributed by atoms with Gasteiger partial charge in [-0.3, -0.25) is 4.72 Å². The van der Waals surface area contributed by atoms with Crippen molar-refractivity contribution in [3.05, 3.63) is 45.7 Å². The first-order valence-electron chi connectivity index (χ1n) is 7.64. The fourth-order valence-corrected chi connectivity index (χ4v) is 4.28. The zero-order valence-corrected chi connectivity index (χ0v) is 16.1. The molecule has 0 amide bonds. The lowest BCUT2D eigenvalue weighted by Gasteiger charge is -2.13. The molecular weight excluding hydrogens is 409 g/mol. The van der Waals surface area contributed by atoms with Gasteiger partial charge >= 0.3 is 12.1 Å². The predicted octanol–water partition coefficient (Wildman–Crippen LogP) is 4.28. The van der Waals surface area contributed by atoms with Gasteiger partial charge in [0.25, 0.3) is 10.0 Å². The number of hydrogen-bond donors (Lipinski definition) is 2. The maximum Gasteiger partial charge on any atom is 0.417 e. The fraction of sp³-hybridized carbons (Fsp3) is 0.312. The number of H-pyrrole nitrogens is 1. The molecule has 0 fully saturated rings. The number of aromatic amines is 1. The summed E-state index contributed by atoms with van der Waals surface area (Å²) in [6.45, 7) is 4.52. The molecule has 2 N–H and O–H groups in total. The maximum absolute atomic E-state index is 13.0. The van der Waals surface area contributed by atoms with E-state index in [4.69, 9.17) is 16.3 Å². The topological polar surface area (TPSA) is 88.3 Å². The number of rotatable bonds is 5. The molecule has 0 atom stereocenters. The maximum atomic E-state index is 13.0. The molecule has 2 aromatic rings. The summed E-state index contributed by atoms with van der Waals surface area (Å²) in [5.41, 5.74) is -1.28. The van der Waals surface area contributed by atoms with Crippen molar-refractivity contribution >= 4 is 33.3 Å². The van der Waals surface area contributed by atoms with E-state index >= 15 is 0 Å².